The van der Waals surface area contributed by atoms with Crippen LogP contribution in [-0.2, 0) is 0 Å². The summed E-state index contributed by atoms with van der Waals surface area (Å²) in [6.45, 7) is 3.54. The lowest BCUT2D eigenvalue weighted by Gasteiger charge is -2.08. The normalized spacial score (nSPS) is 10.3. The van der Waals surface area contributed by atoms with E-state index in [9.17, 15) is 8.78 Å². The molecule has 1 aromatic carbocycles. The lowest BCUT2D eigenvalue weighted by molar-refractivity contribution is 0.565. The van der Waals surface area contributed by atoms with Crippen molar-refractivity contribution in [2.24, 2.45) is 0 Å². The molecule has 0 saturated carbocycles. The SMILES string of the molecule is Cc1cc(Sc2ccc(F)cc2F)c(C#N)c(C)n1. The first kappa shape index (κ1) is 13.5. The monoisotopic (exact) mass is 276 g/mol. The topological polar surface area (TPSA) is 36.7 Å². The second kappa shape index (κ2) is 5.37. The fourth-order valence-corrected chi connectivity index (χ4v) is 2.74. The van der Waals surface area contributed by atoms with Crippen molar-refractivity contribution in [3.8, 4) is 6.07 Å². The Morgan fingerprint density at radius 2 is 1.89 bits per heavy atom. The molecule has 96 valence electrons. The number of hydrogen-bond donors (Lipinski definition) is 0. The smallest absolute Gasteiger partial charge is 0.140 e. The minimum absolute atomic E-state index is 0.280. The number of aromatic nitrogens is 1. The molecule has 2 aromatic rings. The number of pyridine rings is 1. The molecule has 0 atom stereocenters. The molecule has 0 amide bonds. The summed E-state index contributed by atoms with van der Waals surface area (Å²) in [6.07, 6.45) is 0. The van der Waals surface area contributed by atoms with Crippen LogP contribution in [0.1, 0.15) is 17.0 Å². The van der Waals surface area contributed by atoms with Gasteiger partial charge in [-0.3, -0.25) is 4.98 Å². The highest BCUT2D eigenvalue weighted by Gasteiger charge is 2.12. The molecule has 0 radical (unpaired) electrons. The van der Waals surface area contributed by atoms with Gasteiger partial charge in [0.2, 0.25) is 0 Å². The summed E-state index contributed by atoms with van der Waals surface area (Å²) in [5, 5.41) is 9.12. The molecule has 1 heterocycles. The minimum Gasteiger partial charge on any atom is -0.257 e. The highest BCUT2D eigenvalue weighted by molar-refractivity contribution is 7.99. The van der Waals surface area contributed by atoms with Gasteiger partial charge in [0.15, 0.2) is 0 Å². The lowest BCUT2D eigenvalue weighted by Crippen LogP contribution is -1.94. The van der Waals surface area contributed by atoms with Crippen molar-refractivity contribution >= 4 is 11.8 Å². The Kier molecular flexibility index (Phi) is 3.82. The van der Waals surface area contributed by atoms with Gasteiger partial charge in [0.25, 0.3) is 0 Å². The van der Waals surface area contributed by atoms with Gasteiger partial charge in [-0.25, -0.2) is 8.78 Å². The lowest BCUT2D eigenvalue weighted by atomic mass is 10.2. The molecular formula is C14H10F2N2S. The summed E-state index contributed by atoms with van der Waals surface area (Å²) < 4.78 is 26.5. The first-order valence-electron chi connectivity index (χ1n) is 5.52. The fraction of sp³-hybridized carbons (Fsp3) is 0.143. The molecule has 0 bridgehead atoms. The van der Waals surface area contributed by atoms with Gasteiger partial charge in [0.05, 0.1) is 11.3 Å². The first-order chi connectivity index (χ1) is 9.01. The van der Waals surface area contributed by atoms with E-state index in [1.807, 2.05) is 0 Å². The molecule has 19 heavy (non-hydrogen) atoms. The summed E-state index contributed by atoms with van der Waals surface area (Å²) >= 11 is 1.10. The van der Waals surface area contributed by atoms with Crippen LogP contribution in [0.25, 0.3) is 0 Å². The van der Waals surface area contributed by atoms with Crippen LogP contribution in [0.2, 0.25) is 0 Å². The number of hydrogen-bond acceptors (Lipinski definition) is 3. The van der Waals surface area contributed by atoms with Gasteiger partial charge in [-0.2, -0.15) is 5.26 Å². The van der Waals surface area contributed by atoms with Crippen LogP contribution in [-0.4, -0.2) is 4.98 Å². The molecule has 0 spiro atoms. The third-order valence-electron chi connectivity index (χ3n) is 2.52. The maximum absolute atomic E-state index is 13.6. The maximum atomic E-state index is 13.6. The van der Waals surface area contributed by atoms with Crippen molar-refractivity contribution in [1.82, 2.24) is 4.98 Å². The van der Waals surface area contributed by atoms with Crippen molar-refractivity contribution in [2.45, 2.75) is 23.6 Å². The molecular weight excluding hydrogens is 266 g/mol. The molecule has 0 N–H and O–H groups in total. The van der Waals surface area contributed by atoms with Gasteiger partial charge < -0.3 is 0 Å². The van der Waals surface area contributed by atoms with Crippen molar-refractivity contribution in [3.05, 3.63) is 52.9 Å². The van der Waals surface area contributed by atoms with Gasteiger partial charge in [0.1, 0.15) is 17.7 Å². The summed E-state index contributed by atoms with van der Waals surface area (Å²) in [4.78, 5) is 5.10. The molecule has 0 aliphatic heterocycles. The van der Waals surface area contributed by atoms with E-state index in [0.29, 0.717) is 16.2 Å². The highest BCUT2D eigenvalue weighted by atomic mass is 32.2. The summed E-state index contributed by atoms with van der Waals surface area (Å²) in [7, 11) is 0. The molecule has 2 nitrogen and oxygen atoms in total. The van der Waals surface area contributed by atoms with Gasteiger partial charge in [0, 0.05) is 21.6 Å². The van der Waals surface area contributed by atoms with Crippen molar-refractivity contribution < 1.29 is 8.78 Å². The van der Waals surface area contributed by atoms with Gasteiger partial charge in [-0.15, -0.1) is 0 Å². The van der Waals surface area contributed by atoms with Crippen LogP contribution in [0.4, 0.5) is 8.78 Å². The van der Waals surface area contributed by atoms with Crippen LogP contribution in [0.3, 0.4) is 0 Å². The molecule has 0 saturated heterocycles. The van der Waals surface area contributed by atoms with E-state index in [4.69, 9.17) is 5.26 Å². The summed E-state index contributed by atoms with van der Waals surface area (Å²) in [5.74, 6) is -1.26. The third-order valence-corrected chi connectivity index (χ3v) is 3.61. The highest BCUT2D eigenvalue weighted by Crippen LogP contribution is 2.33. The standard InChI is InChI=1S/C14H10F2N2S/c1-8-5-14(11(7-17)9(2)18-8)19-13-4-3-10(15)6-12(13)16/h3-6H,1-2H3. The molecule has 1 aromatic heterocycles. The van der Waals surface area contributed by atoms with Crippen LogP contribution in [0.5, 0.6) is 0 Å². The predicted octanol–water partition coefficient (Wildman–Crippen LogP) is 4.00. The van der Waals surface area contributed by atoms with Gasteiger partial charge in [-0.05, 0) is 32.0 Å². The Labute approximate surface area is 114 Å². The predicted molar refractivity (Wildman–Crippen MR) is 68.9 cm³/mol. The average molecular weight is 276 g/mol. The maximum Gasteiger partial charge on any atom is 0.140 e. The molecule has 5 heteroatoms. The largest absolute Gasteiger partial charge is 0.257 e. The Morgan fingerprint density at radius 1 is 1.16 bits per heavy atom. The van der Waals surface area contributed by atoms with Gasteiger partial charge >= 0.3 is 0 Å². The van der Waals surface area contributed by atoms with E-state index >= 15 is 0 Å². The van der Waals surface area contributed by atoms with Crippen molar-refractivity contribution in [1.29, 1.82) is 5.26 Å². The second-order valence-corrected chi connectivity index (χ2v) is 5.09. The second-order valence-electron chi connectivity index (χ2n) is 4.01. The van der Waals surface area contributed by atoms with Crippen LogP contribution in [0.15, 0.2) is 34.1 Å². The molecule has 0 aliphatic carbocycles. The van der Waals surface area contributed by atoms with Crippen LogP contribution >= 0.6 is 11.8 Å². The van der Waals surface area contributed by atoms with E-state index in [-0.39, 0.29) is 4.90 Å². The van der Waals surface area contributed by atoms with E-state index in [1.165, 1.54) is 12.1 Å². The number of nitrogens with zero attached hydrogens (tertiary/aromatic N) is 2. The molecule has 0 unspecified atom stereocenters. The van der Waals surface area contributed by atoms with Crippen molar-refractivity contribution in [2.75, 3.05) is 0 Å². The summed E-state index contributed by atoms with van der Waals surface area (Å²) in [5.41, 5.74) is 1.77. The molecule has 2 rings (SSSR count). The Bertz CT molecular complexity index is 678. The number of nitriles is 1. The fourth-order valence-electron chi connectivity index (χ4n) is 1.69. The molecule has 0 aliphatic rings. The van der Waals surface area contributed by atoms with Crippen LogP contribution in [0, 0.1) is 36.8 Å². The average Bonchev–Trinajstić information content (AvgIpc) is 2.32. The zero-order valence-corrected chi connectivity index (χ0v) is 11.2. The summed E-state index contributed by atoms with van der Waals surface area (Å²) in [6, 6.07) is 7.17. The Hall–Kier alpha value is -1.93. The number of halogens is 2. The minimum atomic E-state index is -0.638. The van der Waals surface area contributed by atoms with E-state index in [1.54, 1.807) is 19.9 Å². The van der Waals surface area contributed by atoms with Gasteiger partial charge in [-0.1, -0.05) is 11.8 Å². The Morgan fingerprint density at radius 3 is 2.53 bits per heavy atom. The Balaban J connectivity index is 2.46. The van der Waals surface area contributed by atoms with E-state index < -0.39 is 11.6 Å². The van der Waals surface area contributed by atoms with E-state index in [2.05, 4.69) is 11.1 Å². The number of aryl methyl sites for hydroxylation is 2. The zero-order chi connectivity index (χ0) is 14.0. The first-order valence-corrected chi connectivity index (χ1v) is 6.34. The number of rotatable bonds is 2. The van der Waals surface area contributed by atoms with E-state index in [0.717, 1.165) is 23.5 Å². The zero-order valence-electron chi connectivity index (χ0n) is 10.4. The molecule has 0 fully saturated rings. The number of benzene rings is 1. The third kappa shape index (κ3) is 2.91. The van der Waals surface area contributed by atoms with Crippen LogP contribution < -0.4 is 0 Å². The van der Waals surface area contributed by atoms with Crippen molar-refractivity contribution in [3.63, 3.8) is 0 Å². The quantitative estimate of drug-likeness (QED) is 0.832.